The van der Waals surface area contributed by atoms with Crippen molar-refractivity contribution < 1.29 is 14.3 Å². The quantitative estimate of drug-likeness (QED) is 0.444. The summed E-state index contributed by atoms with van der Waals surface area (Å²) >= 11 is 2.30. The number of carbonyl (C=O) groups is 1. The fraction of sp³-hybridized carbons (Fsp3) is 0.105. The van der Waals surface area contributed by atoms with Gasteiger partial charge in [0.1, 0.15) is 11.5 Å². The Bertz CT molecular complexity index is 970. The molecule has 4 nitrogen and oxygen atoms in total. The van der Waals surface area contributed by atoms with Crippen LogP contribution in [0.5, 0.6) is 5.75 Å². The third-order valence-electron chi connectivity index (χ3n) is 4.06. The van der Waals surface area contributed by atoms with E-state index >= 15 is 0 Å². The highest BCUT2D eigenvalue weighted by Crippen LogP contribution is 2.30. The SMILES string of the molecule is COc1ccc(/C=C2\Cn3cc(I)c4cccc(c43)C(=O)O2)cc1. The van der Waals surface area contributed by atoms with Crippen molar-refractivity contribution in [2.24, 2.45) is 0 Å². The lowest BCUT2D eigenvalue weighted by atomic mass is 10.1. The van der Waals surface area contributed by atoms with Crippen molar-refractivity contribution in [1.82, 2.24) is 4.57 Å². The molecule has 0 amide bonds. The summed E-state index contributed by atoms with van der Waals surface area (Å²) in [6.07, 6.45) is 3.94. The summed E-state index contributed by atoms with van der Waals surface area (Å²) in [6.45, 7) is 0.522. The Morgan fingerprint density at radius 2 is 2.00 bits per heavy atom. The second-order valence-corrected chi connectivity index (χ2v) is 6.74. The number of halogens is 1. The Kier molecular flexibility index (Phi) is 3.80. The second-order valence-electron chi connectivity index (χ2n) is 5.58. The molecule has 0 aliphatic carbocycles. The number of aromatic nitrogens is 1. The van der Waals surface area contributed by atoms with Crippen LogP contribution >= 0.6 is 22.6 Å². The molecular formula is C19H14INO3. The van der Waals surface area contributed by atoms with E-state index in [1.54, 1.807) is 7.11 Å². The molecule has 24 heavy (non-hydrogen) atoms. The van der Waals surface area contributed by atoms with E-state index in [1.165, 1.54) is 0 Å². The number of hydrogen-bond acceptors (Lipinski definition) is 3. The highest BCUT2D eigenvalue weighted by Gasteiger charge is 2.22. The molecule has 2 heterocycles. The van der Waals surface area contributed by atoms with Crippen molar-refractivity contribution in [2.75, 3.05) is 7.11 Å². The van der Waals surface area contributed by atoms with Crippen molar-refractivity contribution in [1.29, 1.82) is 0 Å². The first-order valence-corrected chi connectivity index (χ1v) is 8.58. The number of rotatable bonds is 2. The maximum Gasteiger partial charge on any atom is 0.345 e. The predicted molar refractivity (Wildman–Crippen MR) is 101 cm³/mol. The lowest BCUT2D eigenvalue weighted by Gasteiger charge is -2.07. The van der Waals surface area contributed by atoms with E-state index in [-0.39, 0.29) is 5.97 Å². The summed E-state index contributed by atoms with van der Waals surface area (Å²) in [7, 11) is 1.64. The maximum atomic E-state index is 12.5. The van der Waals surface area contributed by atoms with Gasteiger partial charge in [0, 0.05) is 15.2 Å². The summed E-state index contributed by atoms with van der Waals surface area (Å²) in [5.74, 6) is 1.10. The molecule has 2 aromatic carbocycles. The van der Waals surface area contributed by atoms with Gasteiger partial charge in [-0.15, -0.1) is 0 Å². The lowest BCUT2D eigenvalue weighted by molar-refractivity contribution is 0.0623. The monoisotopic (exact) mass is 431 g/mol. The molecule has 0 saturated heterocycles. The Hall–Kier alpha value is -2.28. The van der Waals surface area contributed by atoms with Gasteiger partial charge in [0.15, 0.2) is 0 Å². The van der Waals surface area contributed by atoms with Crippen molar-refractivity contribution in [3.63, 3.8) is 0 Å². The molecule has 4 rings (SSSR count). The number of nitrogens with zero attached hydrogens (tertiary/aromatic N) is 1. The lowest BCUT2D eigenvalue weighted by Crippen LogP contribution is -2.04. The van der Waals surface area contributed by atoms with Gasteiger partial charge < -0.3 is 14.0 Å². The largest absolute Gasteiger partial charge is 0.497 e. The fourth-order valence-electron chi connectivity index (χ4n) is 2.94. The van der Waals surface area contributed by atoms with Crippen molar-refractivity contribution in [2.45, 2.75) is 6.54 Å². The van der Waals surface area contributed by atoms with Gasteiger partial charge in [0.2, 0.25) is 0 Å². The van der Waals surface area contributed by atoms with E-state index in [4.69, 9.17) is 9.47 Å². The maximum absolute atomic E-state index is 12.5. The zero-order chi connectivity index (χ0) is 16.7. The minimum atomic E-state index is -0.311. The van der Waals surface area contributed by atoms with Crippen LogP contribution in [0.3, 0.4) is 0 Å². The van der Waals surface area contributed by atoms with Crippen LogP contribution in [0.1, 0.15) is 15.9 Å². The molecule has 0 spiro atoms. The molecule has 3 aromatic rings. The van der Waals surface area contributed by atoms with E-state index < -0.39 is 0 Å². The van der Waals surface area contributed by atoms with Gasteiger partial charge in [0.25, 0.3) is 0 Å². The molecule has 1 aromatic heterocycles. The highest BCUT2D eigenvalue weighted by molar-refractivity contribution is 14.1. The number of methoxy groups -OCH3 is 1. The van der Waals surface area contributed by atoms with E-state index in [0.29, 0.717) is 17.9 Å². The summed E-state index contributed by atoms with van der Waals surface area (Å²) < 4.78 is 14.0. The van der Waals surface area contributed by atoms with E-state index in [1.807, 2.05) is 48.5 Å². The number of para-hydroxylation sites is 1. The van der Waals surface area contributed by atoms with Crippen LogP contribution in [-0.4, -0.2) is 17.6 Å². The van der Waals surface area contributed by atoms with Crippen LogP contribution in [0.25, 0.3) is 17.0 Å². The minimum absolute atomic E-state index is 0.311. The topological polar surface area (TPSA) is 40.5 Å². The number of allylic oxidation sites excluding steroid dienone is 1. The van der Waals surface area contributed by atoms with Gasteiger partial charge >= 0.3 is 5.97 Å². The number of esters is 1. The van der Waals surface area contributed by atoms with Crippen LogP contribution in [0, 0.1) is 3.57 Å². The predicted octanol–water partition coefficient (Wildman–Crippen LogP) is 4.47. The van der Waals surface area contributed by atoms with E-state index in [9.17, 15) is 4.79 Å². The first kappa shape index (κ1) is 15.3. The van der Waals surface area contributed by atoms with Gasteiger partial charge in [-0.05, 0) is 52.4 Å². The minimum Gasteiger partial charge on any atom is -0.497 e. The van der Waals surface area contributed by atoms with Gasteiger partial charge in [-0.25, -0.2) is 4.79 Å². The molecule has 0 radical (unpaired) electrons. The number of carbonyl (C=O) groups excluding carboxylic acids is 1. The molecule has 0 fully saturated rings. The Morgan fingerprint density at radius 3 is 2.75 bits per heavy atom. The first-order valence-electron chi connectivity index (χ1n) is 7.50. The standard InChI is InChI=1S/C19H14INO3/c1-23-13-7-5-12(6-8-13)9-14-10-21-11-17(20)15-3-2-4-16(18(15)21)19(22)24-14/h2-9,11H,10H2,1H3/b14-9+. The summed E-state index contributed by atoms with van der Waals surface area (Å²) in [4.78, 5) is 12.5. The van der Waals surface area contributed by atoms with Crippen molar-refractivity contribution >= 4 is 45.5 Å². The number of ether oxygens (including phenoxy) is 2. The Labute approximate surface area is 152 Å². The molecule has 1 aliphatic rings. The van der Waals surface area contributed by atoms with E-state index in [0.717, 1.165) is 25.8 Å². The summed E-state index contributed by atoms with van der Waals surface area (Å²) in [6, 6.07) is 13.4. The Balaban J connectivity index is 1.78. The zero-order valence-electron chi connectivity index (χ0n) is 13.0. The normalized spacial score (nSPS) is 15.4. The molecule has 0 atom stereocenters. The molecule has 0 unspecified atom stereocenters. The van der Waals surface area contributed by atoms with Crippen molar-refractivity contribution in [3.8, 4) is 5.75 Å². The zero-order valence-corrected chi connectivity index (χ0v) is 15.1. The summed E-state index contributed by atoms with van der Waals surface area (Å²) in [5, 5.41) is 1.08. The van der Waals surface area contributed by atoms with Crippen LogP contribution in [0.2, 0.25) is 0 Å². The van der Waals surface area contributed by atoms with Gasteiger partial charge in [0.05, 0.1) is 24.7 Å². The van der Waals surface area contributed by atoms with Gasteiger partial charge in [-0.3, -0.25) is 0 Å². The molecular weight excluding hydrogens is 417 g/mol. The van der Waals surface area contributed by atoms with Crippen LogP contribution in [0.4, 0.5) is 0 Å². The number of cyclic esters (lactones) is 1. The number of hydrogen-bond donors (Lipinski definition) is 0. The molecule has 5 heteroatoms. The van der Waals surface area contributed by atoms with Crippen LogP contribution in [0.15, 0.2) is 54.4 Å². The van der Waals surface area contributed by atoms with Gasteiger partial charge in [-0.2, -0.15) is 0 Å². The Morgan fingerprint density at radius 1 is 1.21 bits per heavy atom. The van der Waals surface area contributed by atoms with Crippen molar-refractivity contribution in [3.05, 3.63) is 69.1 Å². The molecule has 120 valence electrons. The first-order chi connectivity index (χ1) is 11.7. The average molecular weight is 431 g/mol. The smallest absolute Gasteiger partial charge is 0.345 e. The summed E-state index contributed by atoms with van der Waals surface area (Å²) in [5.41, 5.74) is 2.50. The van der Waals surface area contributed by atoms with Gasteiger partial charge in [-0.1, -0.05) is 24.3 Å². The van der Waals surface area contributed by atoms with Crippen LogP contribution in [-0.2, 0) is 11.3 Å². The number of benzene rings is 2. The second kappa shape index (κ2) is 5.98. The average Bonchev–Trinajstić information content (AvgIpc) is 2.84. The third-order valence-corrected chi connectivity index (χ3v) is 4.92. The molecule has 0 saturated carbocycles. The molecule has 0 bridgehead atoms. The molecule has 0 N–H and O–H groups in total. The van der Waals surface area contributed by atoms with E-state index in [2.05, 4.69) is 33.4 Å². The highest BCUT2D eigenvalue weighted by atomic mass is 127. The fourth-order valence-corrected chi connectivity index (χ4v) is 3.71. The molecule has 1 aliphatic heterocycles. The third kappa shape index (κ3) is 2.58. The van der Waals surface area contributed by atoms with Crippen LogP contribution < -0.4 is 4.74 Å².